The third kappa shape index (κ3) is 5.08. The Balaban J connectivity index is 2.22. The number of carbonyl (C=O) groups excluding carboxylic acids is 3. The van der Waals surface area contributed by atoms with Crippen LogP contribution in [-0.4, -0.2) is 63.6 Å². The maximum atomic E-state index is 12.7. The molecule has 1 aliphatic heterocycles. The van der Waals surface area contributed by atoms with E-state index in [1.807, 2.05) is 0 Å². The van der Waals surface area contributed by atoms with Crippen LogP contribution in [0, 0.1) is 5.92 Å². The topological polar surface area (TPSA) is 119 Å². The highest BCUT2D eigenvalue weighted by molar-refractivity contribution is 7.89. The Morgan fingerprint density at radius 1 is 1.11 bits per heavy atom. The summed E-state index contributed by atoms with van der Waals surface area (Å²) in [5.74, 6) is -2.27. The number of piperidine rings is 1. The molecule has 1 atom stereocenters. The molecular weight excluding hydrogens is 388 g/mol. The molecule has 1 aromatic rings. The first-order chi connectivity index (χ1) is 13.2. The first-order valence-electron chi connectivity index (χ1n) is 8.82. The van der Waals surface area contributed by atoms with E-state index in [2.05, 4.69) is 14.8 Å². The average Bonchev–Trinajstić information content (AvgIpc) is 2.72. The zero-order valence-corrected chi connectivity index (χ0v) is 16.9. The second kappa shape index (κ2) is 9.16. The molecule has 0 bridgehead atoms. The third-order valence-corrected chi connectivity index (χ3v) is 6.40. The lowest BCUT2D eigenvalue weighted by molar-refractivity contribution is -0.120. The van der Waals surface area contributed by atoms with Gasteiger partial charge < -0.3 is 14.8 Å². The monoisotopic (exact) mass is 412 g/mol. The molecule has 0 radical (unpaired) electrons. The van der Waals surface area contributed by atoms with Crippen LogP contribution in [0.2, 0.25) is 0 Å². The van der Waals surface area contributed by atoms with E-state index in [1.165, 1.54) is 36.7 Å². The van der Waals surface area contributed by atoms with Crippen LogP contribution in [0.3, 0.4) is 0 Å². The summed E-state index contributed by atoms with van der Waals surface area (Å²) in [5.41, 5.74) is 0.392. The van der Waals surface area contributed by atoms with Crippen molar-refractivity contribution in [3.05, 3.63) is 29.3 Å². The van der Waals surface area contributed by atoms with E-state index < -0.39 is 27.9 Å². The van der Waals surface area contributed by atoms with E-state index in [-0.39, 0.29) is 35.0 Å². The lowest BCUT2D eigenvalue weighted by atomic mass is 9.98. The molecule has 2 rings (SSSR count). The van der Waals surface area contributed by atoms with Gasteiger partial charge in [-0.25, -0.2) is 22.3 Å². The van der Waals surface area contributed by atoms with Crippen molar-refractivity contribution in [2.75, 3.05) is 38.4 Å². The van der Waals surface area contributed by atoms with E-state index in [0.717, 1.165) is 0 Å². The first kappa shape index (κ1) is 21.8. The normalized spacial score (nSPS) is 17.6. The van der Waals surface area contributed by atoms with Crippen molar-refractivity contribution in [3.63, 3.8) is 0 Å². The summed E-state index contributed by atoms with van der Waals surface area (Å²) in [6.45, 7) is 2.05. The number of carbonyl (C=O) groups is 3. The molecule has 0 aromatic heterocycles. The minimum absolute atomic E-state index is 0.0228. The summed E-state index contributed by atoms with van der Waals surface area (Å²) in [6, 6.07) is 4.09. The second-order valence-electron chi connectivity index (χ2n) is 6.37. The van der Waals surface area contributed by atoms with Crippen LogP contribution < -0.4 is 5.32 Å². The Labute approximate surface area is 164 Å². The Bertz CT molecular complexity index is 832. The van der Waals surface area contributed by atoms with Gasteiger partial charge in [0, 0.05) is 18.8 Å². The van der Waals surface area contributed by atoms with Gasteiger partial charge in [-0.15, -0.1) is 0 Å². The van der Waals surface area contributed by atoms with Crippen LogP contribution in [0.1, 0.15) is 40.5 Å². The smallest absolute Gasteiger partial charge is 0.337 e. The molecule has 9 nitrogen and oxygen atoms in total. The number of rotatable bonds is 6. The standard InChI is InChI=1S/C18H24N2O7S/c1-4-28(24,25)20-7-5-6-12(11-20)16(21)19-15-9-13(17(22)26-2)8-14(10-15)18(23)27-3/h8-10,12H,4-7,11H2,1-3H3,(H,19,21)/t12-/m0/s1. The minimum atomic E-state index is -3.37. The summed E-state index contributed by atoms with van der Waals surface area (Å²) in [7, 11) is -0.963. The highest BCUT2D eigenvalue weighted by Crippen LogP contribution is 2.23. The Morgan fingerprint density at radius 2 is 1.68 bits per heavy atom. The van der Waals surface area contributed by atoms with Crippen LogP contribution in [0.4, 0.5) is 5.69 Å². The predicted molar refractivity (Wildman–Crippen MR) is 102 cm³/mol. The van der Waals surface area contributed by atoms with Crippen molar-refractivity contribution in [2.24, 2.45) is 5.92 Å². The Morgan fingerprint density at radius 3 is 2.18 bits per heavy atom. The van der Waals surface area contributed by atoms with Gasteiger partial charge >= 0.3 is 11.9 Å². The highest BCUT2D eigenvalue weighted by atomic mass is 32.2. The molecule has 1 amide bonds. The number of nitrogens with one attached hydrogen (secondary N) is 1. The van der Waals surface area contributed by atoms with Crippen LogP contribution in [0.25, 0.3) is 0 Å². The molecule has 28 heavy (non-hydrogen) atoms. The SMILES string of the molecule is CCS(=O)(=O)N1CCC[C@H](C(=O)Nc2cc(C(=O)OC)cc(C(=O)OC)c2)C1. The van der Waals surface area contributed by atoms with Crippen LogP contribution in [0.15, 0.2) is 18.2 Å². The minimum Gasteiger partial charge on any atom is -0.465 e. The number of amides is 1. The summed E-state index contributed by atoms with van der Waals surface area (Å²) in [5, 5.41) is 2.66. The van der Waals surface area contributed by atoms with Gasteiger partial charge in [0.2, 0.25) is 15.9 Å². The van der Waals surface area contributed by atoms with Gasteiger partial charge in [-0.3, -0.25) is 4.79 Å². The van der Waals surface area contributed by atoms with Crippen molar-refractivity contribution in [1.29, 1.82) is 0 Å². The van der Waals surface area contributed by atoms with Gasteiger partial charge in [-0.2, -0.15) is 0 Å². The molecule has 0 saturated carbocycles. The number of benzene rings is 1. The molecule has 0 spiro atoms. The largest absolute Gasteiger partial charge is 0.465 e. The number of nitrogens with zero attached hydrogens (tertiary/aromatic N) is 1. The van der Waals surface area contributed by atoms with Crippen LogP contribution >= 0.6 is 0 Å². The quantitative estimate of drug-likeness (QED) is 0.699. The van der Waals surface area contributed by atoms with E-state index >= 15 is 0 Å². The molecule has 1 N–H and O–H groups in total. The van der Waals surface area contributed by atoms with Gasteiger partial charge in [-0.1, -0.05) is 0 Å². The number of methoxy groups -OCH3 is 2. The highest BCUT2D eigenvalue weighted by Gasteiger charge is 2.31. The number of hydrogen-bond donors (Lipinski definition) is 1. The number of hydrogen-bond acceptors (Lipinski definition) is 7. The van der Waals surface area contributed by atoms with Gasteiger partial charge in [0.1, 0.15) is 0 Å². The van der Waals surface area contributed by atoms with Crippen molar-refractivity contribution in [3.8, 4) is 0 Å². The fourth-order valence-electron chi connectivity index (χ4n) is 3.01. The number of sulfonamides is 1. The lowest BCUT2D eigenvalue weighted by Crippen LogP contribution is -2.44. The third-order valence-electron chi connectivity index (χ3n) is 4.56. The zero-order valence-electron chi connectivity index (χ0n) is 16.1. The molecule has 0 aliphatic carbocycles. The molecular formula is C18H24N2O7S. The maximum Gasteiger partial charge on any atom is 0.337 e. The molecule has 1 heterocycles. The van der Waals surface area contributed by atoms with Crippen LogP contribution in [-0.2, 0) is 24.3 Å². The van der Waals surface area contributed by atoms with Crippen molar-refractivity contribution >= 4 is 33.6 Å². The maximum absolute atomic E-state index is 12.7. The summed E-state index contributed by atoms with van der Waals surface area (Å²) < 4.78 is 34.8. The molecule has 1 fully saturated rings. The molecule has 10 heteroatoms. The first-order valence-corrected chi connectivity index (χ1v) is 10.4. The van der Waals surface area contributed by atoms with Crippen LogP contribution in [0.5, 0.6) is 0 Å². The summed E-state index contributed by atoms with van der Waals surface area (Å²) in [4.78, 5) is 36.3. The lowest BCUT2D eigenvalue weighted by Gasteiger charge is -2.30. The molecule has 1 aromatic carbocycles. The van der Waals surface area contributed by atoms with E-state index in [0.29, 0.717) is 19.4 Å². The Kier molecular flexibility index (Phi) is 7.14. The van der Waals surface area contributed by atoms with E-state index in [9.17, 15) is 22.8 Å². The summed E-state index contributed by atoms with van der Waals surface area (Å²) >= 11 is 0. The summed E-state index contributed by atoms with van der Waals surface area (Å²) in [6.07, 6.45) is 1.12. The number of anilines is 1. The molecule has 1 saturated heterocycles. The fourth-order valence-corrected chi connectivity index (χ4v) is 4.19. The fraction of sp³-hybridized carbons (Fsp3) is 0.500. The molecule has 0 unspecified atom stereocenters. The number of esters is 2. The van der Waals surface area contributed by atoms with Gasteiger partial charge in [0.25, 0.3) is 0 Å². The number of ether oxygens (including phenoxy) is 2. The molecule has 1 aliphatic rings. The zero-order chi connectivity index (χ0) is 20.9. The molecule has 154 valence electrons. The van der Waals surface area contributed by atoms with Gasteiger partial charge in [-0.05, 0) is 38.0 Å². The van der Waals surface area contributed by atoms with Crippen molar-refractivity contribution < 1.29 is 32.3 Å². The van der Waals surface area contributed by atoms with Gasteiger partial charge in [0.15, 0.2) is 0 Å². The Hall–Kier alpha value is -2.46. The van der Waals surface area contributed by atoms with E-state index in [1.54, 1.807) is 6.92 Å². The van der Waals surface area contributed by atoms with Gasteiger partial charge in [0.05, 0.1) is 37.0 Å². The van der Waals surface area contributed by atoms with Crippen molar-refractivity contribution in [1.82, 2.24) is 4.31 Å². The van der Waals surface area contributed by atoms with Crippen molar-refractivity contribution in [2.45, 2.75) is 19.8 Å². The van der Waals surface area contributed by atoms with E-state index in [4.69, 9.17) is 0 Å². The average molecular weight is 412 g/mol. The predicted octanol–water partition coefficient (Wildman–Crippen LogP) is 1.26. The second-order valence-corrected chi connectivity index (χ2v) is 8.63.